The number of nitrogens with zero attached hydrogens (tertiary/aromatic N) is 2. The summed E-state index contributed by atoms with van der Waals surface area (Å²) in [6.45, 7) is 3.96. The van der Waals surface area contributed by atoms with Gasteiger partial charge in [0.05, 0.1) is 12.7 Å². The summed E-state index contributed by atoms with van der Waals surface area (Å²) in [6.07, 6.45) is 2.85. The van der Waals surface area contributed by atoms with Crippen LogP contribution in [0.25, 0.3) is 0 Å². The van der Waals surface area contributed by atoms with Crippen LogP contribution in [-0.4, -0.2) is 45.9 Å². The lowest BCUT2D eigenvalue weighted by molar-refractivity contribution is 0.0584. The summed E-state index contributed by atoms with van der Waals surface area (Å²) < 4.78 is 0. The number of hydrogen-bond donors (Lipinski definition) is 2. The van der Waals surface area contributed by atoms with Gasteiger partial charge in [0.25, 0.3) is 0 Å². The predicted molar refractivity (Wildman–Crippen MR) is 58.3 cm³/mol. The van der Waals surface area contributed by atoms with Gasteiger partial charge in [-0.15, -0.1) is 0 Å². The van der Waals surface area contributed by atoms with Gasteiger partial charge in [0.2, 0.25) is 0 Å². The molecule has 0 amide bonds. The third-order valence-corrected chi connectivity index (χ3v) is 2.28. The first-order chi connectivity index (χ1) is 7.26. The van der Waals surface area contributed by atoms with Crippen LogP contribution >= 0.6 is 0 Å². The Morgan fingerprint density at radius 1 is 1.40 bits per heavy atom. The van der Waals surface area contributed by atoms with Crippen LogP contribution < -0.4 is 0 Å². The Bertz CT molecular complexity index is 267. The van der Waals surface area contributed by atoms with Crippen molar-refractivity contribution in [3.8, 4) is 0 Å². The first-order valence-electron chi connectivity index (χ1n) is 5.16. The molecule has 2 N–H and O–H groups in total. The first kappa shape index (κ1) is 12.1. The van der Waals surface area contributed by atoms with E-state index in [-0.39, 0.29) is 6.61 Å². The van der Waals surface area contributed by atoms with Crippen LogP contribution in [0.3, 0.4) is 0 Å². The molecule has 4 heteroatoms. The van der Waals surface area contributed by atoms with Gasteiger partial charge in [-0.1, -0.05) is 6.92 Å². The van der Waals surface area contributed by atoms with Crippen molar-refractivity contribution in [1.82, 2.24) is 9.88 Å². The Balaban J connectivity index is 2.47. The zero-order valence-electron chi connectivity index (χ0n) is 9.00. The lowest BCUT2D eigenvalue weighted by Crippen LogP contribution is -2.33. The fourth-order valence-electron chi connectivity index (χ4n) is 1.41. The molecule has 1 rings (SSSR count). The number of aliphatic hydroxyl groups excluding tert-OH is 2. The maximum Gasteiger partial charge on any atom is 0.0897 e. The average molecular weight is 210 g/mol. The van der Waals surface area contributed by atoms with Crippen molar-refractivity contribution < 1.29 is 10.2 Å². The Morgan fingerprint density at radius 3 is 2.60 bits per heavy atom. The molecule has 1 aromatic heterocycles. The van der Waals surface area contributed by atoms with E-state index in [2.05, 4.69) is 9.88 Å². The predicted octanol–water partition coefficient (Wildman–Crippen LogP) is 0.257. The van der Waals surface area contributed by atoms with Crippen molar-refractivity contribution in [2.45, 2.75) is 19.6 Å². The molecular weight excluding hydrogens is 192 g/mol. The van der Waals surface area contributed by atoms with Crippen LogP contribution in [0.4, 0.5) is 0 Å². The third-order valence-electron chi connectivity index (χ3n) is 2.28. The van der Waals surface area contributed by atoms with Gasteiger partial charge in [-0.25, -0.2) is 0 Å². The second kappa shape index (κ2) is 6.50. The van der Waals surface area contributed by atoms with Crippen molar-refractivity contribution in [3.05, 3.63) is 30.1 Å². The molecule has 1 unspecified atom stereocenters. The van der Waals surface area contributed by atoms with Crippen molar-refractivity contribution in [2.24, 2.45) is 0 Å². The molecule has 0 bridgehead atoms. The molecular formula is C11H18N2O2. The van der Waals surface area contributed by atoms with Crippen LogP contribution in [0.15, 0.2) is 24.5 Å². The van der Waals surface area contributed by atoms with Crippen LogP contribution in [-0.2, 0) is 6.54 Å². The summed E-state index contributed by atoms with van der Waals surface area (Å²) >= 11 is 0. The number of rotatable bonds is 6. The lowest BCUT2D eigenvalue weighted by Gasteiger charge is -2.22. The van der Waals surface area contributed by atoms with E-state index < -0.39 is 6.10 Å². The molecule has 0 spiro atoms. The minimum absolute atomic E-state index is 0.188. The topological polar surface area (TPSA) is 56.6 Å². The van der Waals surface area contributed by atoms with E-state index in [4.69, 9.17) is 5.11 Å². The third kappa shape index (κ3) is 4.38. The summed E-state index contributed by atoms with van der Waals surface area (Å²) in [4.78, 5) is 6.03. The minimum atomic E-state index is -0.660. The Kier molecular flexibility index (Phi) is 5.25. The van der Waals surface area contributed by atoms with Crippen LogP contribution in [0.1, 0.15) is 12.5 Å². The van der Waals surface area contributed by atoms with Crippen molar-refractivity contribution in [3.63, 3.8) is 0 Å². The smallest absolute Gasteiger partial charge is 0.0897 e. The second-order valence-electron chi connectivity index (χ2n) is 3.52. The van der Waals surface area contributed by atoms with Crippen molar-refractivity contribution >= 4 is 0 Å². The van der Waals surface area contributed by atoms with Gasteiger partial charge in [0.1, 0.15) is 0 Å². The molecule has 0 fully saturated rings. The zero-order valence-corrected chi connectivity index (χ0v) is 9.00. The molecule has 0 saturated heterocycles. The summed E-state index contributed by atoms with van der Waals surface area (Å²) in [5, 5.41) is 18.1. The molecule has 1 aromatic rings. The molecule has 0 aliphatic heterocycles. The molecule has 0 radical (unpaired) electrons. The first-order valence-corrected chi connectivity index (χ1v) is 5.16. The molecule has 84 valence electrons. The monoisotopic (exact) mass is 210 g/mol. The molecule has 15 heavy (non-hydrogen) atoms. The molecule has 1 heterocycles. The van der Waals surface area contributed by atoms with E-state index in [0.717, 1.165) is 18.7 Å². The van der Waals surface area contributed by atoms with E-state index in [1.165, 1.54) is 0 Å². The Labute approximate surface area is 90.2 Å². The van der Waals surface area contributed by atoms with E-state index in [1.54, 1.807) is 12.4 Å². The van der Waals surface area contributed by atoms with Crippen LogP contribution in [0, 0.1) is 0 Å². The number of aliphatic hydroxyl groups is 2. The fourth-order valence-corrected chi connectivity index (χ4v) is 1.41. The van der Waals surface area contributed by atoms with Gasteiger partial charge in [-0.05, 0) is 24.2 Å². The second-order valence-corrected chi connectivity index (χ2v) is 3.52. The minimum Gasteiger partial charge on any atom is -0.394 e. The lowest BCUT2D eigenvalue weighted by atomic mass is 10.2. The summed E-state index contributed by atoms with van der Waals surface area (Å²) in [5.41, 5.74) is 1.16. The largest absolute Gasteiger partial charge is 0.394 e. The average Bonchev–Trinajstić information content (AvgIpc) is 2.29. The number of hydrogen-bond acceptors (Lipinski definition) is 4. The summed E-state index contributed by atoms with van der Waals surface area (Å²) in [6, 6.07) is 3.90. The SMILES string of the molecule is CCN(Cc1ccncc1)CC(O)CO. The quantitative estimate of drug-likeness (QED) is 0.707. The molecule has 1 atom stereocenters. The van der Waals surface area contributed by atoms with E-state index in [0.29, 0.717) is 6.54 Å². The molecule has 0 aliphatic rings. The van der Waals surface area contributed by atoms with Crippen LogP contribution in [0.5, 0.6) is 0 Å². The molecule has 0 aliphatic carbocycles. The van der Waals surface area contributed by atoms with Gasteiger partial charge < -0.3 is 10.2 Å². The van der Waals surface area contributed by atoms with Gasteiger partial charge in [-0.3, -0.25) is 9.88 Å². The Hall–Kier alpha value is -0.970. The highest BCUT2D eigenvalue weighted by Crippen LogP contribution is 2.03. The highest BCUT2D eigenvalue weighted by atomic mass is 16.3. The maximum absolute atomic E-state index is 9.33. The van der Waals surface area contributed by atoms with Gasteiger partial charge in [-0.2, -0.15) is 0 Å². The van der Waals surface area contributed by atoms with Gasteiger partial charge in [0, 0.05) is 25.5 Å². The number of aromatic nitrogens is 1. The maximum atomic E-state index is 9.33. The zero-order chi connectivity index (χ0) is 11.1. The number of pyridine rings is 1. The van der Waals surface area contributed by atoms with Crippen LogP contribution in [0.2, 0.25) is 0 Å². The van der Waals surface area contributed by atoms with Gasteiger partial charge in [0.15, 0.2) is 0 Å². The van der Waals surface area contributed by atoms with E-state index in [9.17, 15) is 5.11 Å². The van der Waals surface area contributed by atoms with Gasteiger partial charge >= 0.3 is 0 Å². The Morgan fingerprint density at radius 2 is 2.07 bits per heavy atom. The highest BCUT2D eigenvalue weighted by molar-refractivity contribution is 5.09. The molecule has 0 saturated carbocycles. The normalized spacial score (nSPS) is 13.1. The fraction of sp³-hybridized carbons (Fsp3) is 0.545. The van der Waals surface area contributed by atoms with E-state index >= 15 is 0 Å². The molecule has 4 nitrogen and oxygen atoms in total. The summed E-state index contributed by atoms with van der Waals surface area (Å²) in [7, 11) is 0. The van der Waals surface area contributed by atoms with E-state index in [1.807, 2.05) is 19.1 Å². The highest BCUT2D eigenvalue weighted by Gasteiger charge is 2.09. The van der Waals surface area contributed by atoms with Crippen molar-refractivity contribution in [1.29, 1.82) is 0 Å². The molecule has 0 aromatic carbocycles. The standard InChI is InChI=1S/C11H18N2O2/c1-2-13(8-11(15)9-14)7-10-3-5-12-6-4-10/h3-6,11,14-15H,2,7-9H2,1H3. The number of likely N-dealkylation sites (N-methyl/N-ethyl adjacent to an activating group) is 1. The van der Waals surface area contributed by atoms with Crippen molar-refractivity contribution in [2.75, 3.05) is 19.7 Å². The summed E-state index contributed by atoms with van der Waals surface area (Å²) in [5.74, 6) is 0.